The van der Waals surface area contributed by atoms with Crippen molar-refractivity contribution in [3.63, 3.8) is 0 Å². The van der Waals surface area contributed by atoms with Gasteiger partial charge in [-0.1, -0.05) is 11.3 Å². The Morgan fingerprint density at radius 2 is 2.28 bits per heavy atom. The fourth-order valence-electron chi connectivity index (χ4n) is 2.08. The fraction of sp³-hybridized carbons (Fsp3) is 0.700. The zero-order chi connectivity index (χ0) is 13.2. The number of aromatic nitrogens is 1. The second kappa shape index (κ2) is 5.52. The second-order valence-corrected chi connectivity index (χ2v) is 7.35. The largest absolute Gasteiger partial charge is 0.315 e. The highest BCUT2D eigenvalue weighted by Gasteiger charge is 2.21. The van der Waals surface area contributed by atoms with Crippen molar-refractivity contribution in [3.05, 3.63) is 15.4 Å². The Morgan fingerprint density at radius 3 is 2.83 bits per heavy atom. The molecule has 6 nitrogen and oxygen atoms in total. The summed E-state index contributed by atoms with van der Waals surface area (Å²) in [4.78, 5) is 13.2. The molecule has 8 heteroatoms. The predicted molar refractivity (Wildman–Crippen MR) is 70.5 cm³/mol. The molecule has 0 unspecified atom stereocenters. The lowest BCUT2D eigenvalue weighted by atomic mass is 10.2. The Hall–Kier alpha value is -0.700. The minimum Gasteiger partial charge on any atom is -0.315 e. The van der Waals surface area contributed by atoms with Gasteiger partial charge in [0.2, 0.25) is 0 Å². The van der Waals surface area contributed by atoms with E-state index in [1.165, 1.54) is 0 Å². The number of rotatable bonds is 5. The van der Waals surface area contributed by atoms with Crippen LogP contribution in [0.2, 0.25) is 0 Å². The number of aryl methyl sites for hydroxylation is 1. The molecule has 1 fully saturated rings. The monoisotopic (exact) mass is 291 g/mol. The van der Waals surface area contributed by atoms with Crippen molar-refractivity contribution in [2.45, 2.75) is 36.4 Å². The van der Waals surface area contributed by atoms with Gasteiger partial charge in [0.25, 0.3) is 10.0 Å². The van der Waals surface area contributed by atoms with Crippen LogP contribution in [-0.4, -0.2) is 32.5 Å². The average Bonchev–Trinajstić information content (AvgIpc) is 2.88. The van der Waals surface area contributed by atoms with E-state index in [-0.39, 0.29) is 9.08 Å². The average molecular weight is 291 g/mol. The Balaban J connectivity index is 1.95. The van der Waals surface area contributed by atoms with E-state index in [0.29, 0.717) is 18.3 Å². The molecule has 102 valence electrons. The summed E-state index contributed by atoms with van der Waals surface area (Å²) in [6.45, 7) is 2.99. The van der Waals surface area contributed by atoms with E-state index in [2.05, 4.69) is 15.0 Å². The molecule has 1 aliphatic heterocycles. The first-order valence-corrected chi connectivity index (χ1v) is 8.22. The Morgan fingerprint density at radius 1 is 1.50 bits per heavy atom. The zero-order valence-corrected chi connectivity index (χ0v) is 11.8. The molecule has 2 rings (SSSR count). The number of H-pyrrole nitrogens is 1. The molecule has 1 aromatic rings. The van der Waals surface area contributed by atoms with Crippen LogP contribution in [0.3, 0.4) is 0 Å². The SMILES string of the molecule is Cc1[nH]c(=O)sc1S(=O)(=O)NCC[C@@H]1CCCN1. The number of hydrogen-bond donors (Lipinski definition) is 3. The number of hydrogen-bond acceptors (Lipinski definition) is 5. The van der Waals surface area contributed by atoms with E-state index in [1.54, 1.807) is 6.92 Å². The highest BCUT2D eigenvalue weighted by Crippen LogP contribution is 2.15. The molecule has 0 aliphatic carbocycles. The van der Waals surface area contributed by atoms with E-state index in [1.807, 2.05) is 0 Å². The Bertz CT molecular complexity index is 555. The molecular weight excluding hydrogens is 274 g/mol. The topological polar surface area (TPSA) is 91.1 Å². The van der Waals surface area contributed by atoms with Crippen molar-refractivity contribution in [2.24, 2.45) is 0 Å². The van der Waals surface area contributed by atoms with Gasteiger partial charge in [-0.25, -0.2) is 13.1 Å². The molecule has 0 spiro atoms. The summed E-state index contributed by atoms with van der Waals surface area (Å²) >= 11 is 0.727. The predicted octanol–water partition coefficient (Wildman–Crippen LogP) is 0.165. The van der Waals surface area contributed by atoms with Gasteiger partial charge in [0.1, 0.15) is 0 Å². The lowest BCUT2D eigenvalue weighted by Gasteiger charge is -2.10. The van der Waals surface area contributed by atoms with E-state index >= 15 is 0 Å². The van der Waals surface area contributed by atoms with Crippen LogP contribution in [0, 0.1) is 6.92 Å². The zero-order valence-electron chi connectivity index (χ0n) is 10.2. The highest BCUT2D eigenvalue weighted by molar-refractivity contribution is 7.91. The van der Waals surface area contributed by atoms with Crippen molar-refractivity contribution in [1.29, 1.82) is 0 Å². The van der Waals surface area contributed by atoms with Crippen molar-refractivity contribution in [3.8, 4) is 0 Å². The number of aromatic amines is 1. The molecule has 0 bridgehead atoms. The molecule has 1 saturated heterocycles. The minimum atomic E-state index is -3.55. The molecule has 2 heterocycles. The normalized spacial score (nSPS) is 20.4. The molecule has 1 aliphatic rings. The van der Waals surface area contributed by atoms with Crippen LogP contribution in [0.1, 0.15) is 25.0 Å². The third-order valence-corrected chi connectivity index (χ3v) is 6.04. The maximum atomic E-state index is 12.0. The summed E-state index contributed by atoms with van der Waals surface area (Å²) in [5.74, 6) is 0. The smallest absolute Gasteiger partial charge is 0.305 e. The van der Waals surface area contributed by atoms with Crippen LogP contribution in [0.25, 0.3) is 0 Å². The molecular formula is C10H17N3O3S2. The van der Waals surface area contributed by atoms with Gasteiger partial charge in [-0.15, -0.1) is 0 Å². The Labute approximate surface area is 110 Å². The van der Waals surface area contributed by atoms with Crippen LogP contribution in [0.4, 0.5) is 0 Å². The maximum absolute atomic E-state index is 12.0. The van der Waals surface area contributed by atoms with Gasteiger partial charge in [-0.3, -0.25) is 4.79 Å². The van der Waals surface area contributed by atoms with Crippen molar-refractivity contribution in [1.82, 2.24) is 15.0 Å². The summed E-state index contributed by atoms with van der Waals surface area (Å²) in [5, 5.41) is 3.31. The van der Waals surface area contributed by atoms with Gasteiger partial charge in [-0.05, 0) is 32.7 Å². The molecule has 0 amide bonds. The fourth-order valence-corrected chi connectivity index (χ4v) is 4.47. The molecule has 18 heavy (non-hydrogen) atoms. The molecule has 1 aromatic heterocycles. The summed E-state index contributed by atoms with van der Waals surface area (Å²) < 4.78 is 26.6. The van der Waals surface area contributed by atoms with Crippen LogP contribution >= 0.6 is 11.3 Å². The first kappa shape index (κ1) is 13.7. The highest BCUT2D eigenvalue weighted by atomic mass is 32.2. The van der Waals surface area contributed by atoms with Gasteiger partial charge in [0, 0.05) is 18.3 Å². The molecule has 3 N–H and O–H groups in total. The van der Waals surface area contributed by atoms with Gasteiger partial charge >= 0.3 is 4.87 Å². The van der Waals surface area contributed by atoms with E-state index < -0.39 is 10.0 Å². The summed E-state index contributed by atoms with van der Waals surface area (Å²) in [6.07, 6.45) is 3.02. The first-order valence-electron chi connectivity index (χ1n) is 5.92. The number of thiazole rings is 1. The van der Waals surface area contributed by atoms with Gasteiger partial charge in [-0.2, -0.15) is 0 Å². The van der Waals surface area contributed by atoms with Crippen LogP contribution in [0.15, 0.2) is 9.00 Å². The van der Waals surface area contributed by atoms with Crippen molar-refractivity contribution >= 4 is 21.4 Å². The summed E-state index contributed by atoms with van der Waals surface area (Å²) in [6, 6.07) is 0.402. The first-order chi connectivity index (χ1) is 8.49. The molecule has 0 saturated carbocycles. The Kier molecular flexibility index (Phi) is 4.21. The van der Waals surface area contributed by atoms with E-state index in [4.69, 9.17) is 0 Å². The minimum absolute atomic E-state index is 0.0897. The maximum Gasteiger partial charge on any atom is 0.305 e. The van der Waals surface area contributed by atoms with E-state index in [0.717, 1.165) is 37.1 Å². The summed E-state index contributed by atoms with van der Waals surface area (Å²) in [7, 11) is -3.55. The van der Waals surface area contributed by atoms with E-state index in [9.17, 15) is 13.2 Å². The van der Waals surface area contributed by atoms with Gasteiger partial charge in [0.05, 0.1) is 0 Å². The lowest BCUT2D eigenvalue weighted by molar-refractivity contribution is 0.540. The third-order valence-electron chi connectivity index (χ3n) is 2.97. The number of sulfonamides is 1. The third kappa shape index (κ3) is 3.19. The van der Waals surface area contributed by atoms with Crippen LogP contribution in [0.5, 0.6) is 0 Å². The summed E-state index contributed by atoms with van der Waals surface area (Å²) in [5.41, 5.74) is 0.400. The van der Waals surface area contributed by atoms with Crippen LogP contribution < -0.4 is 14.9 Å². The van der Waals surface area contributed by atoms with Gasteiger partial charge < -0.3 is 10.3 Å². The standard InChI is InChI=1S/C10H17N3O3S2/c1-7-9(17-10(14)13-7)18(15,16)12-6-4-8-3-2-5-11-8/h8,11-12H,2-6H2,1H3,(H,13,14)/t8-/m0/s1. The number of nitrogens with one attached hydrogen (secondary N) is 3. The van der Waals surface area contributed by atoms with Gasteiger partial charge in [0.15, 0.2) is 4.21 Å². The molecule has 1 atom stereocenters. The second-order valence-electron chi connectivity index (χ2n) is 4.41. The van der Waals surface area contributed by atoms with Crippen molar-refractivity contribution in [2.75, 3.05) is 13.1 Å². The quantitative estimate of drug-likeness (QED) is 0.721. The molecule has 0 aromatic carbocycles. The molecule has 0 radical (unpaired) electrons. The van der Waals surface area contributed by atoms with Crippen LogP contribution in [-0.2, 0) is 10.0 Å². The lowest BCUT2D eigenvalue weighted by Crippen LogP contribution is -2.30. The van der Waals surface area contributed by atoms with Crippen molar-refractivity contribution < 1.29 is 8.42 Å².